The zero-order valence-corrected chi connectivity index (χ0v) is 28.0. The average Bonchev–Trinajstić information content (AvgIpc) is 3.52. The van der Waals surface area contributed by atoms with E-state index in [9.17, 15) is 39.9 Å². The topological polar surface area (TPSA) is 236 Å². The van der Waals surface area contributed by atoms with E-state index in [2.05, 4.69) is 20.8 Å². The van der Waals surface area contributed by atoms with Crippen LogP contribution in [0.25, 0.3) is 17.1 Å². The number of amides is 3. The molecule has 0 radical (unpaired) electrons. The molecule has 3 aromatic rings. The lowest BCUT2D eigenvalue weighted by molar-refractivity contribution is -0.137. The van der Waals surface area contributed by atoms with Crippen LogP contribution in [0.2, 0.25) is 0 Å². The van der Waals surface area contributed by atoms with Crippen molar-refractivity contribution in [3.05, 3.63) is 53.3 Å². The molecule has 1 aliphatic heterocycles. The first-order chi connectivity index (χ1) is 23.3. The maximum atomic E-state index is 13.0. The van der Waals surface area contributed by atoms with E-state index in [4.69, 9.17) is 5.73 Å². The van der Waals surface area contributed by atoms with Gasteiger partial charge in [0.2, 0.25) is 17.6 Å². The van der Waals surface area contributed by atoms with Crippen LogP contribution in [0.4, 0.5) is 0 Å². The van der Waals surface area contributed by atoms with Crippen molar-refractivity contribution in [3.8, 4) is 28.6 Å². The van der Waals surface area contributed by atoms with E-state index in [0.29, 0.717) is 42.4 Å². The van der Waals surface area contributed by atoms with E-state index in [0.717, 1.165) is 24.8 Å². The fourth-order valence-electron chi connectivity index (χ4n) is 5.87. The zero-order chi connectivity index (χ0) is 35.8. The van der Waals surface area contributed by atoms with Gasteiger partial charge < -0.3 is 46.8 Å². The Balaban J connectivity index is 1.40. The summed E-state index contributed by atoms with van der Waals surface area (Å²) in [7, 11) is 0. The molecule has 49 heavy (non-hydrogen) atoms. The molecular weight excluding hydrogens is 634 g/mol. The van der Waals surface area contributed by atoms with Crippen molar-refractivity contribution in [2.24, 2.45) is 11.7 Å². The quantitative estimate of drug-likeness (QED) is 0.117. The van der Waals surface area contributed by atoms with E-state index in [-0.39, 0.29) is 48.1 Å². The standard InChI is InChI=1S/C34H47N7O8/c1-4-36-34(49)32-39-38-31(24-14-23(19(2)3)25(42)15-26(24)43)41(32)22-7-5-20(6-8-22)13-21-9-11-40(12-10-21)30(47)18-37-33(48)28(45)16-27(44)29(46)17-35/h5-8,14-15,19,21,27-29,42-46H,4,9-13,16-18,35H2,1-3H3,(H,36,49)(H,37,48)/t27-,28+,29+/m0/s1. The number of carbonyl (C=O) groups is 3. The summed E-state index contributed by atoms with van der Waals surface area (Å²) < 4.78 is 1.58. The summed E-state index contributed by atoms with van der Waals surface area (Å²) in [5.74, 6) is -1.18. The SMILES string of the molecule is CCNC(=O)c1nnc(-c2cc(C(C)C)c(O)cc2O)n1-c1ccc(CC2CCN(C(=O)CNC(=O)[C@H](O)C[C@H](O)[C@H](O)CN)CC2)cc1. The second-order valence-corrected chi connectivity index (χ2v) is 12.7. The number of carbonyl (C=O) groups excluding carboxylic acids is 3. The third-order valence-corrected chi connectivity index (χ3v) is 8.76. The van der Waals surface area contributed by atoms with Gasteiger partial charge in [-0.2, -0.15) is 0 Å². The fraction of sp³-hybridized carbons (Fsp3) is 0.500. The molecule has 1 aromatic heterocycles. The molecule has 15 nitrogen and oxygen atoms in total. The highest BCUT2D eigenvalue weighted by molar-refractivity contribution is 5.92. The van der Waals surface area contributed by atoms with Crippen LogP contribution in [0.15, 0.2) is 36.4 Å². The van der Waals surface area contributed by atoms with Crippen LogP contribution < -0.4 is 16.4 Å². The Morgan fingerprint density at radius 3 is 2.24 bits per heavy atom. The number of hydrogen-bond donors (Lipinski definition) is 8. The van der Waals surface area contributed by atoms with Crippen molar-refractivity contribution in [1.29, 1.82) is 0 Å². The van der Waals surface area contributed by atoms with Gasteiger partial charge in [-0.25, -0.2) is 0 Å². The molecule has 1 fully saturated rings. The molecule has 0 spiro atoms. The predicted octanol–water partition coefficient (Wildman–Crippen LogP) is 0.547. The number of phenols is 2. The highest BCUT2D eigenvalue weighted by Gasteiger charge is 2.27. The minimum atomic E-state index is -1.59. The second kappa shape index (κ2) is 16.7. The summed E-state index contributed by atoms with van der Waals surface area (Å²) in [5.41, 5.74) is 7.88. The van der Waals surface area contributed by atoms with Crippen molar-refractivity contribution >= 4 is 17.7 Å². The molecule has 2 aromatic carbocycles. The number of nitrogens with two attached hydrogens (primary N) is 1. The Labute approximate surface area is 284 Å². The number of nitrogens with zero attached hydrogens (tertiary/aromatic N) is 4. The third-order valence-electron chi connectivity index (χ3n) is 8.76. The number of hydrogen-bond acceptors (Lipinski definition) is 11. The lowest BCUT2D eigenvalue weighted by Gasteiger charge is -2.32. The van der Waals surface area contributed by atoms with Crippen molar-refractivity contribution in [2.75, 3.05) is 32.7 Å². The summed E-state index contributed by atoms with van der Waals surface area (Å²) in [6, 6.07) is 10.6. The van der Waals surface area contributed by atoms with E-state index in [1.807, 2.05) is 38.1 Å². The highest BCUT2D eigenvalue weighted by Crippen LogP contribution is 2.38. The Hall–Kier alpha value is -4.57. The number of aromatic nitrogens is 3. The third kappa shape index (κ3) is 9.12. The average molecular weight is 682 g/mol. The number of aliphatic hydroxyl groups is 3. The van der Waals surface area contributed by atoms with Gasteiger partial charge in [-0.15, -0.1) is 10.2 Å². The van der Waals surface area contributed by atoms with E-state index in [1.54, 1.807) is 22.5 Å². The van der Waals surface area contributed by atoms with Crippen LogP contribution in [-0.4, -0.2) is 114 Å². The fourth-order valence-corrected chi connectivity index (χ4v) is 5.87. The van der Waals surface area contributed by atoms with Crippen LogP contribution in [0, 0.1) is 5.92 Å². The molecule has 1 saturated heterocycles. The van der Waals surface area contributed by atoms with Crippen LogP contribution in [0.5, 0.6) is 11.5 Å². The van der Waals surface area contributed by atoms with Gasteiger partial charge in [0, 0.05) is 44.4 Å². The largest absolute Gasteiger partial charge is 0.508 e. The van der Waals surface area contributed by atoms with Gasteiger partial charge in [-0.1, -0.05) is 26.0 Å². The number of aromatic hydroxyl groups is 2. The van der Waals surface area contributed by atoms with Crippen LogP contribution >= 0.6 is 0 Å². The van der Waals surface area contributed by atoms with Crippen molar-refractivity contribution in [3.63, 3.8) is 0 Å². The Morgan fingerprint density at radius 1 is 0.959 bits per heavy atom. The summed E-state index contributed by atoms with van der Waals surface area (Å²) >= 11 is 0. The molecule has 1 aliphatic rings. The number of nitrogens with one attached hydrogen (secondary N) is 2. The number of benzene rings is 2. The molecule has 3 amide bonds. The molecule has 266 valence electrons. The first-order valence-corrected chi connectivity index (χ1v) is 16.5. The van der Waals surface area contributed by atoms with Gasteiger partial charge in [0.05, 0.1) is 24.3 Å². The van der Waals surface area contributed by atoms with Crippen molar-refractivity contribution in [2.45, 2.75) is 70.7 Å². The Bertz CT molecular complexity index is 1600. The molecule has 0 unspecified atom stereocenters. The van der Waals surface area contributed by atoms with E-state index >= 15 is 0 Å². The normalized spacial score (nSPS) is 15.6. The number of piperidine rings is 1. The molecule has 0 aliphatic carbocycles. The molecular formula is C34H47N7O8. The van der Waals surface area contributed by atoms with Gasteiger partial charge >= 0.3 is 0 Å². The zero-order valence-electron chi connectivity index (χ0n) is 28.0. The smallest absolute Gasteiger partial charge is 0.289 e. The van der Waals surface area contributed by atoms with Gasteiger partial charge in [-0.3, -0.25) is 19.0 Å². The lowest BCUT2D eigenvalue weighted by Crippen LogP contribution is -2.47. The molecule has 15 heteroatoms. The predicted molar refractivity (Wildman–Crippen MR) is 180 cm³/mol. The molecule has 3 atom stereocenters. The lowest BCUT2D eigenvalue weighted by atomic mass is 9.90. The minimum Gasteiger partial charge on any atom is -0.508 e. The molecule has 0 saturated carbocycles. The first-order valence-electron chi connectivity index (χ1n) is 16.5. The summed E-state index contributed by atoms with van der Waals surface area (Å²) in [4.78, 5) is 39.5. The van der Waals surface area contributed by atoms with Crippen LogP contribution in [-0.2, 0) is 16.0 Å². The second-order valence-electron chi connectivity index (χ2n) is 12.7. The number of likely N-dealkylation sites (tertiary alicyclic amines) is 1. The van der Waals surface area contributed by atoms with Gasteiger partial charge in [0.1, 0.15) is 17.6 Å². The summed E-state index contributed by atoms with van der Waals surface area (Å²) in [6.07, 6.45) is -2.35. The van der Waals surface area contributed by atoms with Gasteiger partial charge in [0.25, 0.3) is 5.91 Å². The minimum absolute atomic E-state index is 0.0353. The molecule has 0 bridgehead atoms. The number of rotatable bonds is 14. The maximum Gasteiger partial charge on any atom is 0.289 e. The van der Waals surface area contributed by atoms with E-state index in [1.165, 1.54) is 6.07 Å². The first kappa shape index (κ1) is 37.3. The van der Waals surface area contributed by atoms with Crippen molar-refractivity contribution in [1.82, 2.24) is 30.3 Å². The monoisotopic (exact) mass is 681 g/mol. The summed E-state index contributed by atoms with van der Waals surface area (Å²) in [5, 5.41) is 64.0. The Morgan fingerprint density at radius 2 is 1.63 bits per heavy atom. The molecule has 4 rings (SSSR count). The maximum absolute atomic E-state index is 13.0. The van der Waals surface area contributed by atoms with Crippen LogP contribution in [0.1, 0.15) is 67.7 Å². The molecule has 9 N–H and O–H groups in total. The number of phenolic OH excluding ortho intramolecular Hbond substituents is 2. The van der Waals surface area contributed by atoms with Gasteiger partial charge in [-0.05, 0) is 67.3 Å². The highest BCUT2D eigenvalue weighted by atomic mass is 16.3. The Kier molecular flexibility index (Phi) is 12.7. The van der Waals surface area contributed by atoms with Gasteiger partial charge in [0.15, 0.2) is 5.82 Å². The van der Waals surface area contributed by atoms with Crippen LogP contribution in [0.3, 0.4) is 0 Å². The number of aliphatic hydroxyl groups excluding tert-OH is 3. The van der Waals surface area contributed by atoms with Crippen molar-refractivity contribution < 1.29 is 39.9 Å². The molecule has 2 heterocycles. The summed E-state index contributed by atoms with van der Waals surface area (Å²) in [6.45, 7) is 6.53. The van der Waals surface area contributed by atoms with E-state index < -0.39 is 36.5 Å².